The van der Waals surface area contributed by atoms with Crippen LogP contribution >= 0.6 is 15.9 Å². The van der Waals surface area contributed by atoms with E-state index in [1.807, 2.05) is 0 Å². The zero-order valence-electron chi connectivity index (χ0n) is 4.47. The van der Waals surface area contributed by atoms with E-state index < -0.39 is 0 Å². The molecule has 0 N–H and O–H groups in total. The smallest absolute Gasteiger partial charge is 0.233 e. The highest BCUT2D eigenvalue weighted by Crippen LogP contribution is 2.04. The van der Waals surface area contributed by atoms with Gasteiger partial charge in [-0.1, -0.05) is 0 Å². The lowest BCUT2D eigenvalue weighted by Crippen LogP contribution is -1.80. The predicted octanol–water partition coefficient (Wildman–Crippen LogP) is 1.30. The summed E-state index contributed by atoms with van der Waals surface area (Å²) in [5.74, 6) is 0. The molecule has 1 heterocycles. The van der Waals surface area contributed by atoms with Crippen molar-refractivity contribution in [3.63, 3.8) is 0 Å². The lowest BCUT2D eigenvalue weighted by molar-refractivity contribution is 0.562. The van der Waals surface area contributed by atoms with E-state index in [0.29, 0.717) is 10.2 Å². The molecule has 1 radical (unpaired) electrons. The molecule has 0 spiro atoms. The highest BCUT2D eigenvalue weighted by Gasteiger charge is 1.90. The van der Waals surface area contributed by atoms with Crippen molar-refractivity contribution < 1.29 is 4.79 Å². The Labute approximate surface area is 61.0 Å². The van der Waals surface area contributed by atoms with Crippen LogP contribution < -0.4 is 0 Å². The van der Waals surface area contributed by atoms with Crippen LogP contribution in [0, 0.1) is 0 Å². The van der Waals surface area contributed by atoms with E-state index in [1.54, 1.807) is 24.6 Å². The number of nitrogens with zero attached hydrogens (tertiary/aromatic N) is 1. The first-order chi connectivity index (χ1) is 4.33. The van der Waals surface area contributed by atoms with Gasteiger partial charge in [-0.25, -0.2) is 4.98 Å². The second kappa shape index (κ2) is 2.73. The van der Waals surface area contributed by atoms with E-state index >= 15 is 0 Å². The molecule has 0 bridgehead atoms. The summed E-state index contributed by atoms with van der Waals surface area (Å²) in [5.41, 5.74) is 0.511. The lowest BCUT2D eigenvalue weighted by atomic mass is 10.3. The van der Waals surface area contributed by atoms with Crippen molar-refractivity contribution in [1.82, 2.24) is 4.98 Å². The molecule has 2 nitrogen and oxygen atoms in total. The average Bonchev–Trinajstić information content (AvgIpc) is 1.88. The Balaban J connectivity index is 3.07. The maximum Gasteiger partial charge on any atom is 0.233 e. The van der Waals surface area contributed by atoms with Crippen LogP contribution in [0.4, 0.5) is 0 Å². The number of aromatic nitrogens is 1. The van der Waals surface area contributed by atoms with Gasteiger partial charge in [0.25, 0.3) is 0 Å². The Kier molecular flexibility index (Phi) is 1.95. The zero-order valence-corrected chi connectivity index (χ0v) is 6.05. The fourth-order valence-electron chi connectivity index (χ4n) is 0.466. The molecule has 1 rings (SSSR count). The van der Waals surface area contributed by atoms with Gasteiger partial charge >= 0.3 is 0 Å². The Bertz CT molecular complexity index is 224. The number of pyridine rings is 1. The third kappa shape index (κ3) is 1.61. The monoisotopic (exact) mass is 184 g/mol. The highest BCUT2D eigenvalue weighted by atomic mass is 79.9. The van der Waals surface area contributed by atoms with Gasteiger partial charge < -0.3 is 0 Å². The molecule has 0 aliphatic heterocycles. The normalized spacial score (nSPS) is 9.00. The van der Waals surface area contributed by atoms with E-state index in [4.69, 9.17) is 0 Å². The van der Waals surface area contributed by atoms with Gasteiger partial charge in [-0.05, 0) is 28.1 Å². The first-order valence-corrected chi connectivity index (χ1v) is 3.12. The van der Waals surface area contributed by atoms with E-state index in [1.165, 1.54) is 0 Å². The van der Waals surface area contributed by atoms with Crippen LogP contribution in [0.2, 0.25) is 0 Å². The maximum atomic E-state index is 9.99. The molecule has 0 atom stereocenters. The standard InChI is InChI=1S/C6H3BrNO/c7-6-3-5(4-9)1-2-8-6/h1-3H. The van der Waals surface area contributed by atoms with Gasteiger partial charge in [-0.15, -0.1) is 0 Å². The molecule has 0 fully saturated rings. The summed E-state index contributed by atoms with van der Waals surface area (Å²) in [7, 11) is 0. The average molecular weight is 185 g/mol. The summed E-state index contributed by atoms with van der Waals surface area (Å²) in [6.07, 6.45) is 3.29. The van der Waals surface area contributed by atoms with Crippen LogP contribution in [0.1, 0.15) is 5.56 Å². The maximum absolute atomic E-state index is 9.99. The fraction of sp³-hybridized carbons (Fsp3) is 0. The van der Waals surface area contributed by atoms with Crippen molar-refractivity contribution in [3.05, 3.63) is 28.5 Å². The van der Waals surface area contributed by atoms with Crippen LogP contribution in [-0.4, -0.2) is 11.3 Å². The summed E-state index contributed by atoms with van der Waals surface area (Å²) in [4.78, 5) is 13.8. The van der Waals surface area contributed by atoms with E-state index in [0.717, 1.165) is 0 Å². The van der Waals surface area contributed by atoms with Gasteiger partial charge in [0.1, 0.15) is 4.60 Å². The fourth-order valence-corrected chi connectivity index (χ4v) is 0.831. The minimum absolute atomic E-state index is 0.511. The minimum Gasteiger partial charge on any atom is -0.285 e. The summed E-state index contributed by atoms with van der Waals surface area (Å²) >= 11 is 3.11. The van der Waals surface area contributed by atoms with Crippen LogP contribution in [0.5, 0.6) is 0 Å². The van der Waals surface area contributed by atoms with Crippen molar-refractivity contribution in [3.8, 4) is 0 Å². The van der Waals surface area contributed by atoms with E-state index in [-0.39, 0.29) is 0 Å². The predicted molar refractivity (Wildman–Crippen MR) is 36.7 cm³/mol. The van der Waals surface area contributed by atoms with Gasteiger partial charge in [0.2, 0.25) is 6.29 Å². The first kappa shape index (κ1) is 6.42. The summed E-state index contributed by atoms with van der Waals surface area (Å²) in [6.45, 7) is 0. The summed E-state index contributed by atoms with van der Waals surface area (Å²) in [6, 6.07) is 3.20. The number of halogens is 1. The minimum atomic E-state index is 0.511. The highest BCUT2D eigenvalue weighted by molar-refractivity contribution is 9.10. The van der Waals surface area contributed by atoms with Gasteiger partial charge in [0.15, 0.2) is 0 Å². The molecule has 9 heavy (non-hydrogen) atoms. The number of hydrogen-bond donors (Lipinski definition) is 0. The van der Waals surface area contributed by atoms with Crippen molar-refractivity contribution >= 4 is 22.2 Å². The van der Waals surface area contributed by atoms with Crippen molar-refractivity contribution in [2.24, 2.45) is 0 Å². The Morgan fingerprint density at radius 1 is 1.67 bits per heavy atom. The number of hydrogen-bond acceptors (Lipinski definition) is 2. The Morgan fingerprint density at radius 3 is 2.89 bits per heavy atom. The number of rotatable bonds is 1. The molecule has 1 aromatic rings. The SMILES string of the molecule is O=[C]c1ccnc(Br)c1. The topological polar surface area (TPSA) is 30.0 Å². The first-order valence-electron chi connectivity index (χ1n) is 2.32. The molecule has 0 amide bonds. The number of carbonyl (C=O) groups excluding carboxylic acids is 1. The van der Waals surface area contributed by atoms with Crippen molar-refractivity contribution in [1.29, 1.82) is 0 Å². The molecule has 0 unspecified atom stereocenters. The molecular formula is C6H3BrNO. The second-order valence-electron chi connectivity index (χ2n) is 1.47. The molecule has 1 aromatic heterocycles. The quantitative estimate of drug-likeness (QED) is 0.617. The van der Waals surface area contributed by atoms with Gasteiger partial charge in [0.05, 0.1) is 0 Å². The molecule has 0 aromatic carbocycles. The van der Waals surface area contributed by atoms with E-state index in [9.17, 15) is 4.79 Å². The lowest BCUT2D eigenvalue weighted by Gasteiger charge is -1.86. The molecule has 45 valence electrons. The third-order valence-electron chi connectivity index (χ3n) is 0.844. The largest absolute Gasteiger partial charge is 0.285 e. The third-order valence-corrected chi connectivity index (χ3v) is 1.28. The molecule has 0 aliphatic rings. The van der Waals surface area contributed by atoms with Crippen LogP contribution in [0.3, 0.4) is 0 Å². The van der Waals surface area contributed by atoms with Gasteiger partial charge in [-0.3, -0.25) is 4.79 Å². The Hall–Kier alpha value is -0.700. The molecule has 0 saturated carbocycles. The van der Waals surface area contributed by atoms with E-state index in [2.05, 4.69) is 20.9 Å². The molecular weight excluding hydrogens is 182 g/mol. The Morgan fingerprint density at radius 2 is 2.44 bits per heavy atom. The molecule has 3 heteroatoms. The van der Waals surface area contributed by atoms with Gasteiger partial charge in [-0.2, -0.15) is 0 Å². The molecule has 0 aliphatic carbocycles. The van der Waals surface area contributed by atoms with Gasteiger partial charge in [0, 0.05) is 11.8 Å². The van der Waals surface area contributed by atoms with Crippen LogP contribution in [-0.2, 0) is 4.79 Å². The second-order valence-corrected chi connectivity index (χ2v) is 2.28. The summed E-state index contributed by atoms with van der Waals surface area (Å²) in [5, 5.41) is 0. The molecule has 0 saturated heterocycles. The van der Waals surface area contributed by atoms with Crippen LogP contribution in [0.25, 0.3) is 0 Å². The van der Waals surface area contributed by atoms with Crippen molar-refractivity contribution in [2.45, 2.75) is 0 Å². The summed E-state index contributed by atoms with van der Waals surface area (Å²) < 4.78 is 0.656. The zero-order chi connectivity index (χ0) is 6.69. The van der Waals surface area contributed by atoms with Crippen LogP contribution in [0.15, 0.2) is 22.9 Å². The van der Waals surface area contributed by atoms with Crippen molar-refractivity contribution in [2.75, 3.05) is 0 Å².